The van der Waals surface area contributed by atoms with Crippen molar-refractivity contribution >= 4 is 22.0 Å². The minimum absolute atomic E-state index is 0.0674. The van der Waals surface area contributed by atoms with Crippen LogP contribution in [0.5, 0.6) is 11.5 Å². The second kappa shape index (κ2) is 4.80. The van der Waals surface area contributed by atoms with Crippen molar-refractivity contribution in [1.29, 1.82) is 0 Å². The lowest BCUT2D eigenvalue weighted by atomic mass is 10.3. The minimum atomic E-state index is -0.536. The fourth-order valence-electron chi connectivity index (χ4n) is 1.26. The molecular formula is C10H6N2O5S. The molecule has 0 N–H and O–H groups in total. The summed E-state index contributed by atoms with van der Waals surface area (Å²) in [5, 5.41) is 22.6. The van der Waals surface area contributed by atoms with Crippen LogP contribution in [-0.4, -0.2) is 9.85 Å². The van der Waals surface area contributed by atoms with E-state index >= 15 is 0 Å². The first-order valence-corrected chi connectivity index (χ1v) is 5.60. The summed E-state index contributed by atoms with van der Waals surface area (Å²) in [5.74, 6) is 0.431. The molecule has 0 aliphatic rings. The van der Waals surface area contributed by atoms with E-state index in [2.05, 4.69) is 0 Å². The van der Waals surface area contributed by atoms with E-state index in [1.54, 1.807) is 5.38 Å². The lowest BCUT2D eigenvalue weighted by Crippen LogP contribution is -1.90. The van der Waals surface area contributed by atoms with Crippen molar-refractivity contribution < 1.29 is 14.6 Å². The molecule has 0 unspecified atom stereocenters. The monoisotopic (exact) mass is 266 g/mol. The maximum Gasteiger partial charge on any atom is 0.366 e. The van der Waals surface area contributed by atoms with Gasteiger partial charge in [0.1, 0.15) is 5.75 Å². The molecule has 0 aliphatic carbocycles. The van der Waals surface area contributed by atoms with Crippen LogP contribution in [0.15, 0.2) is 35.7 Å². The number of hydrogen-bond donors (Lipinski definition) is 0. The van der Waals surface area contributed by atoms with Crippen molar-refractivity contribution in [1.82, 2.24) is 0 Å². The summed E-state index contributed by atoms with van der Waals surface area (Å²) < 4.78 is 5.29. The van der Waals surface area contributed by atoms with E-state index in [1.165, 1.54) is 30.3 Å². The van der Waals surface area contributed by atoms with E-state index in [1.807, 2.05) is 0 Å². The van der Waals surface area contributed by atoms with Crippen LogP contribution in [0, 0.1) is 20.2 Å². The summed E-state index contributed by atoms with van der Waals surface area (Å²) in [6.07, 6.45) is 0. The SMILES string of the molecule is O=[N+]([O-])c1ccc(Oc2ccsc2[N+](=O)[O-])cc1. The van der Waals surface area contributed by atoms with Gasteiger partial charge in [-0.2, -0.15) is 0 Å². The molecule has 0 bridgehead atoms. The van der Waals surface area contributed by atoms with E-state index < -0.39 is 9.85 Å². The highest BCUT2D eigenvalue weighted by atomic mass is 32.1. The van der Waals surface area contributed by atoms with E-state index in [-0.39, 0.29) is 16.4 Å². The maximum absolute atomic E-state index is 10.7. The van der Waals surface area contributed by atoms with Crippen LogP contribution in [0.2, 0.25) is 0 Å². The quantitative estimate of drug-likeness (QED) is 0.624. The molecule has 2 aromatic rings. The lowest BCUT2D eigenvalue weighted by molar-refractivity contribution is -0.384. The number of hydrogen-bond acceptors (Lipinski definition) is 6. The fraction of sp³-hybridized carbons (Fsp3) is 0. The molecule has 0 aliphatic heterocycles. The third kappa shape index (κ3) is 2.43. The molecule has 2 rings (SSSR count). The van der Waals surface area contributed by atoms with Crippen molar-refractivity contribution in [2.45, 2.75) is 0 Å². The Hall–Kier alpha value is -2.48. The van der Waals surface area contributed by atoms with Crippen LogP contribution in [0.3, 0.4) is 0 Å². The molecule has 0 saturated carbocycles. The Labute approximate surface area is 105 Å². The topological polar surface area (TPSA) is 95.5 Å². The summed E-state index contributed by atoms with van der Waals surface area (Å²) in [4.78, 5) is 20.0. The van der Waals surface area contributed by atoms with Crippen LogP contribution < -0.4 is 4.74 Å². The number of nitrogens with zero attached hydrogens (tertiary/aromatic N) is 2. The number of benzene rings is 1. The maximum atomic E-state index is 10.7. The Kier molecular flexibility index (Phi) is 3.20. The zero-order chi connectivity index (χ0) is 13.1. The average Bonchev–Trinajstić information content (AvgIpc) is 2.78. The van der Waals surface area contributed by atoms with Crippen LogP contribution in [-0.2, 0) is 0 Å². The van der Waals surface area contributed by atoms with Gasteiger partial charge in [0.05, 0.1) is 9.85 Å². The Balaban J connectivity index is 2.21. The average molecular weight is 266 g/mol. The highest BCUT2D eigenvalue weighted by Crippen LogP contribution is 2.36. The molecule has 1 heterocycles. The number of nitro groups is 2. The van der Waals surface area contributed by atoms with Crippen LogP contribution in [0.4, 0.5) is 10.7 Å². The highest BCUT2D eigenvalue weighted by Gasteiger charge is 2.17. The second-order valence-electron chi connectivity index (χ2n) is 3.20. The number of nitro benzene ring substituents is 1. The third-order valence-corrected chi connectivity index (χ3v) is 2.90. The van der Waals surface area contributed by atoms with E-state index in [0.717, 1.165) is 11.3 Å². The van der Waals surface area contributed by atoms with Gasteiger partial charge in [-0.05, 0) is 18.2 Å². The van der Waals surface area contributed by atoms with Crippen molar-refractivity contribution in [3.8, 4) is 11.5 Å². The summed E-state index contributed by atoms with van der Waals surface area (Å²) >= 11 is 0.953. The summed E-state index contributed by atoms with van der Waals surface area (Å²) in [7, 11) is 0. The smallest absolute Gasteiger partial charge is 0.366 e. The Morgan fingerprint density at radius 2 is 1.67 bits per heavy atom. The van der Waals surface area contributed by atoms with Crippen LogP contribution in [0.25, 0.3) is 0 Å². The minimum Gasteiger partial charge on any atom is -0.449 e. The predicted octanol–water partition coefficient (Wildman–Crippen LogP) is 3.36. The van der Waals surface area contributed by atoms with Gasteiger partial charge in [0.15, 0.2) is 0 Å². The van der Waals surface area contributed by atoms with Crippen molar-refractivity contribution in [2.24, 2.45) is 0 Å². The summed E-state index contributed by atoms with van der Waals surface area (Å²) in [6, 6.07) is 6.80. The third-order valence-electron chi connectivity index (χ3n) is 2.05. The molecule has 0 fully saturated rings. The van der Waals surface area contributed by atoms with Crippen LogP contribution in [0.1, 0.15) is 0 Å². The van der Waals surface area contributed by atoms with Gasteiger partial charge >= 0.3 is 5.00 Å². The number of non-ortho nitro benzene ring substituents is 1. The van der Waals surface area contributed by atoms with Crippen molar-refractivity contribution in [2.75, 3.05) is 0 Å². The van der Waals surface area contributed by atoms with Crippen molar-refractivity contribution in [3.63, 3.8) is 0 Å². The lowest BCUT2D eigenvalue weighted by Gasteiger charge is -2.02. The van der Waals surface area contributed by atoms with E-state index in [9.17, 15) is 20.2 Å². The first-order chi connectivity index (χ1) is 8.58. The predicted molar refractivity (Wildman–Crippen MR) is 64.1 cm³/mol. The first-order valence-electron chi connectivity index (χ1n) is 4.72. The molecule has 1 aromatic heterocycles. The fourth-order valence-corrected chi connectivity index (χ4v) is 1.90. The molecule has 0 spiro atoms. The molecule has 0 amide bonds. The van der Waals surface area contributed by atoms with Crippen LogP contribution >= 0.6 is 11.3 Å². The van der Waals surface area contributed by atoms with Gasteiger partial charge in [-0.1, -0.05) is 11.3 Å². The molecule has 18 heavy (non-hydrogen) atoms. The van der Waals surface area contributed by atoms with E-state index in [4.69, 9.17) is 4.74 Å². The van der Waals surface area contributed by atoms with Gasteiger partial charge in [0, 0.05) is 17.5 Å². The van der Waals surface area contributed by atoms with Gasteiger partial charge in [-0.25, -0.2) is 0 Å². The largest absolute Gasteiger partial charge is 0.449 e. The molecule has 7 nitrogen and oxygen atoms in total. The number of ether oxygens (including phenoxy) is 1. The molecule has 1 aromatic carbocycles. The Bertz CT molecular complexity index is 593. The highest BCUT2D eigenvalue weighted by molar-refractivity contribution is 7.13. The first kappa shape index (κ1) is 12.0. The normalized spacial score (nSPS) is 10.0. The van der Waals surface area contributed by atoms with Gasteiger partial charge in [0.25, 0.3) is 5.69 Å². The zero-order valence-electron chi connectivity index (χ0n) is 8.81. The van der Waals surface area contributed by atoms with Gasteiger partial charge in [-0.15, -0.1) is 0 Å². The van der Waals surface area contributed by atoms with E-state index in [0.29, 0.717) is 5.75 Å². The summed E-state index contributed by atoms with van der Waals surface area (Å²) in [6.45, 7) is 0. The Morgan fingerprint density at radius 1 is 1.00 bits per heavy atom. The number of thiophene rings is 1. The van der Waals surface area contributed by atoms with Gasteiger partial charge in [0.2, 0.25) is 5.75 Å². The Morgan fingerprint density at radius 3 is 2.22 bits per heavy atom. The molecular weight excluding hydrogens is 260 g/mol. The summed E-state index contributed by atoms with van der Waals surface area (Å²) in [5.41, 5.74) is -0.0674. The molecule has 92 valence electrons. The molecule has 0 atom stereocenters. The molecule has 0 saturated heterocycles. The second-order valence-corrected chi connectivity index (χ2v) is 4.09. The zero-order valence-corrected chi connectivity index (χ0v) is 9.62. The molecule has 8 heteroatoms. The van der Waals surface area contributed by atoms with Gasteiger partial charge in [-0.3, -0.25) is 20.2 Å². The van der Waals surface area contributed by atoms with Crippen molar-refractivity contribution in [3.05, 3.63) is 55.9 Å². The standard InChI is InChI=1S/C10H6N2O5S/c13-11(14)7-1-3-8(4-2-7)17-9-5-6-18-10(9)12(15)16/h1-6H. The number of rotatable bonds is 4. The van der Waals surface area contributed by atoms with Gasteiger partial charge < -0.3 is 4.74 Å². The molecule has 0 radical (unpaired) electrons.